The predicted molar refractivity (Wildman–Crippen MR) is 114 cm³/mol. The first-order chi connectivity index (χ1) is 13.4. The number of hydrogen-bond acceptors (Lipinski definition) is 5. The summed E-state index contributed by atoms with van der Waals surface area (Å²) >= 11 is 1.77. The lowest BCUT2D eigenvalue weighted by molar-refractivity contribution is -0.120. The highest BCUT2D eigenvalue weighted by Crippen LogP contribution is 2.43. The fourth-order valence-electron chi connectivity index (χ4n) is 3.96. The van der Waals surface area contributed by atoms with Crippen LogP contribution >= 0.6 is 11.8 Å². The first-order valence-corrected chi connectivity index (χ1v) is 12.2. The molecule has 1 saturated heterocycles. The molecule has 0 unspecified atom stereocenters. The summed E-state index contributed by atoms with van der Waals surface area (Å²) in [6.45, 7) is 0.211. The smallest absolute Gasteiger partial charge is 0.241 e. The average molecular weight is 417 g/mol. The van der Waals surface area contributed by atoms with Gasteiger partial charge in [-0.05, 0) is 31.2 Å². The number of amides is 1. The van der Waals surface area contributed by atoms with Crippen LogP contribution in [0.1, 0.15) is 18.0 Å². The maximum Gasteiger partial charge on any atom is 0.241 e. The first-order valence-electron chi connectivity index (χ1n) is 9.44. The van der Waals surface area contributed by atoms with Gasteiger partial charge in [-0.15, -0.1) is 11.8 Å². The van der Waals surface area contributed by atoms with Gasteiger partial charge in [0.05, 0.1) is 29.8 Å². The summed E-state index contributed by atoms with van der Waals surface area (Å²) in [5.41, 5.74) is 2.05. The van der Waals surface area contributed by atoms with Crippen molar-refractivity contribution in [2.24, 2.45) is 0 Å². The minimum atomic E-state index is -2.97. The minimum absolute atomic E-state index is 0.00778. The quantitative estimate of drug-likeness (QED) is 0.767. The normalized spacial score (nSPS) is 23.6. The lowest BCUT2D eigenvalue weighted by Gasteiger charge is -2.38. The minimum Gasteiger partial charge on any atom is -0.302 e. The maximum atomic E-state index is 13.4. The Labute approximate surface area is 170 Å². The van der Waals surface area contributed by atoms with Crippen LogP contribution in [0.2, 0.25) is 0 Å². The van der Waals surface area contributed by atoms with Crippen molar-refractivity contribution in [3.8, 4) is 0 Å². The van der Waals surface area contributed by atoms with Gasteiger partial charge < -0.3 is 4.90 Å². The van der Waals surface area contributed by atoms with E-state index < -0.39 is 9.84 Å². The second-order valence-electron chi connectivity index (χ2n) is 7.44. The number of benzene rings is 2. The van der Waals surface area contributed by atoms with Gasteiger partial charge >= 0.3 is 0 Å². The Hall–Kier alpha value is -1.83. The summed E-state index contributed by atoms with van der Waals surface area (Å²) in [4.78, 5) is 18.3. The van der Waals surface area contributed by atoms with Crippen molar-refractivity contribution in [3.63, 3.8) is 0 Å². The number of likely N-dealkylation sites (N-methyl/N-ethyl adjacent to an activating group) is 1. The summed E-state index contributed by atoms with van der Waals surface area (Å²) in [6, 6.07) is 18.0. The van der Waals surface area contributed by atoms with Gasteiger partial charge in [-0.1, -0.05) is 42.5 Å². The number of para-hydroxylation sites is 1. The van der Waals surface area contributed by atoms with Crippen molar-refractivity contribution >= 4 is 33.2 Å². The van der Waals surface area contributed by atoms with Crippen LogP contribution in [0.5, 0.6) is 0 Å². The van der Waals surface area contributed by atoms with Crippen LogP contribution in [-0.2, 0) is 14.6 Å². The number of anilines is 1. The third kappa shape index (κ3) is 3.97. The lowest BCUT2D eigenvalue weighted by Crippen LogP contribution is -2.46. The largest absolute Gasteiger partial charge is 0.302 e. The molecule has 5 nitrogen and oxygen atoms in total. The molecule has 1 fully saturated rings. The van der Waals surface area contributed by atoms with Gasteiger partial charge in [0.15, 0.2) is 9.84 Å². The molecule has 0 radical (unpaired) electrons. The number of hydrogen-bond donors (Lipinski definition) is 0. The van der Waals surface area contributed by atoms with Gasteiger partial charge in [0.2, 0.25) is 5.91 Å². The number of fused-ring (bicyclic) bond motifs is 1. The van der Waals surface area contributed by atoms with Gasteiger partial charge in [-0.25, -0.2) is 8.42 Å². The fraction of sp³-hybridized carbons (Fsp3) is 0.381. The van der Waals surface area contributed by atoms with E-state index >= 15 is 0 Å². The zero-order valence-corrected chi connectivity index (χ0v) is 17.5. The average Bonchev–Trinajstić information content (AvgIpc) is 3.07. The van der Waals surface area contributed by atoms with Crippen LogP contribution in [0.25, 0.3) is 0 Å². The number of sulfone groups is 1. The second kappa shape index (κ2) is 7.89. The standard InChI is InChI=1S/C21H24N2O3S2/c1-22(17-11-12-28(25,26)15-17)13-21(24)23-18-9-5-6-10-20(18)27-14-19(23)16-7-3-2-4-8-16/h2-10,17,19H,11-15H2,1H3/t17-,19+/m0/s1. The highest BCUT2D eigenvalue weighted by molar-refractivity contribution is 7.99. The molecule has 0 aromatic heterocycles. The zero-order chi connectivity index (χ0) is 19.7. The molecular formula is C21H24N2O3S2. The second-order valence-corrected chi connectivity index (χ2v) is 10.7. The molecule has 0 bridgehead atoms. The Morgan fingerprint density at radius 2 is 1.86 bits per heavy atom. The van der Waals surface area contributed by atoms with Gasteiger partial charge in [0, 0.05) is 16.7 Å². The summed E-state index contributed by atoms with van der Waals surface area (Å²) in [7, 11) is -1.12. The van der Waals surface area contributed by atoms with Gasteiger partial charge in [0.25, 0.3) is 0 Å². The molecule has 2 atom stereocenters. The topological polar surface area (TPSA) is 57.7 Å². The molecule has 0 spiro atoms. The molecule has 0 aliphatic carbocycles. The number of carbonyl (C=O) groups excluding carboxylic acids is 1. The number of nitrogens with zero attached hydrogens (tertiary/aromatic N) is 2. The highest BCUT2D eigenvalue weighted by atomic mass is 32.2. The van der Waals surface area contributed by atoms with E-state index in [1.54, 1.807) is 11.8 Å². The SMILES string of the molecule is CN(CC(=O)N1c2ccccc2SC[C@@H]1c1ccccc1)[C@H]1CCS(=O)(=O)C1. The van der Waals surface area contributed by atoms with E-state index in [0.29, 0.717) is 6.42 Å². The van der Waals surface area contributed by atoms with Crippen molar-refractivity contribution in [1.29, 1.82) is 0 Å². The van der Waals surface area contributed by atoms with Crippen LogP contribution in [0.4, 0.5) is 5.69 Å². The van der Waals surface area contributed by atoms with Crippen molar-refractivity contribution < 1.29 is 13.2 Å². The van der Waals surface area contributed by atoms with E-state index in [2.05, 4.69) is 18.2 Å². The lowest BCUT2D eigenvalue weighted by atomic mass is 10.0. The molecule has 2 aliphatic heterocycles. The molecule has 4 rings (SSSR count). The molecule has 2 aromatic carbocycles. The van der Waals surface area contributed by atoms with Gasteiger partial charge in [-0.3, -0.25) is 9.69 Å². The zero-order valence-electron chi connectivity index (χ0n) is 15.8. The monoisotopic (exact) mass is 416 g/mol. The van der Waals surface area contributed by atoms with E-state index in [-0.39, 0.29) is 36.0 Å². The molecule has 2 aliphatic rings. The Bertz CT molecular complexity index is 963. The van der Waals surface area contributed by atoms with Gasteiger partial charge in [-0.2, -0.15) is 0 Å². The van der Waals surface area contributed by atoms with E-state index in [4.69, 9.17) is 0 Å². The number of carbonyl (C=O) groups is 1. The Morgan fingerprint density at radius 1 is 1.14 bits per heavy atom. The molecule has 148 valence electrons. The molecule has 0 N–H and O–H groups in total. The maximum absolute atomic E-state index is 13.4. The van der Waals surface area contributed by atoms with Gasteiger partial charge in [0.1, 0.15) is 0 Å². The molecule has 2 aromatic rings. The predicted octanol–water partition coefficient (Wildman–Crippen LogP) is 2.99. The van der Waals surface area contributed by atoms with Crippen LogP contribution in [0.15, 0.2) is 59.5 Å². The van der Waals surface area contributed by atoms with E-state index in [1.165, 1.54) is 0 Å². The molecule has 0 saturated carbocycles. The molecule has 2 heterocycles. The van der Waals surface area contributed by atoms with E-state index in [0.717, 1.165) is 21.9 Å². The molecule has 1 amide bonds. The van der Waals surface area contributed by atoms with Crippen molar-refractivity contribution in [2.45, 2.75) is 23.4 Å². The van der Waals surface area contributed by atoms with Crippen LogP contribution in [0.3, 0.4) is 0 Å². The molecule has 28 heavy (non-hydrogen) atoms. The summed E-state index contributed by atoms with van der Waals surface area (Å²) in [5, 5.41) is 0. The van der Waals surface area contributed by atoms with Crippen LogP contribution in [-0.4, -0.2) is 56.1 Å². The van der Waals surface area contributed by atoms with E-state index in [1.807, 2.05) is 53.2 Å². The Kier molecular flexibility index (Phi) is 5.49. The number of thioether (sulfide) groups is 1. The van der Waals surface area contributed by atoms with Crippen LogP contribution in [0, 0.1) is 0 Å². The summed E-state index contributed by atoms with van der Waals surface area (Å²) in [5.74, 6) is 1.17. The highest BCUT2D eigenvalue weighted by Gasteiger charge is 2.35. The number of rotatable bonds is 4. The third-order valence-electron chi connectivity index (χ3n) is 5.50. The first kappa shape index (κ1) is 19.5. The van der Waals surface area contributed by atoms with Crippen molar-refractivity contribution in [1.82, 2.24) is 4.90 Å². The summed E-state index contributed by atoms with van der Waals surface area (Å²) < 4.78 is 23.6. The van der Waals surface area contributed by atoms with E-state index in [9.17, 15) is 13.2 Å². The summed E-state index contributed by atoms with van der Waals surface area (Å²) in [6.07, 6.45) is 0.598. The fourth-order valence-corrected chi connectivity index (χ4v) is 6.93. The molecular weight excluding hydrogens is 392 g/mol. The van der Waals surface area contributed by atoms with Crippen molar-refractivity contribution in [3.05, 3.63) is 60.2 Å². The van der Waals surface area contributed by atoms with Crippen LogP contribution < -0.4 is 4.90 Å². The Morgan fingerprint density at radius 3 is 2.57 bits per heavy atom. The third-order valence-corrected chi connectivity index (χ3v) is 8.39. The van der Waals surface area contributed by atoms with Crippen molar-refractivity contribution in [2.75, 3.05) is 35.8 Å². The molecule has 7 heteroatoms. The Balaban J connectivity index is 1.60.